The van der Waals surface area contributed by atoms with Gasteiger partial charge >= 0.3 is 12.4 Å². The fourth-order valence-electron chi connectivity index (χ4n) is 2.71. The molecule has 2 heterocycles. The van der Waals surface area contributed by atoms with Crippen molar-refractivity contribution < 1.29 is 45.3 Å². The van der Waals surface area contributed by atoms with Crippen LogP contribution in [0.2, 0.25) is 0 Å². The largest absolute Gasteiger partial charge is 0.459 e. The van der Waals surface area contributed by atoms with Crippen LogP contribution in [0.4, 0.5) is 26.3 Å². The molecule has 10 heteroatoms. The maximum absolute atomic E-state index is 13.1. The van der Waals surface area contributed by atoms with Crippen molar-refractivity contribution in [2.24, 2.45) is 5.92 Å². The van der Waals surface area contributed by atoms with Crippen molar-refractivity contribution in [3.63, 3.8) is 0 Å². The SMILES string of the molecule is CCO[C@@H]1C(C(=O)C(F)(F)F)=C(C(F)(F)F)O[C@H]2OCCCC21. The molecule has 23 heavy (non-hydrogen) atoms. The lowest BCUT2D eigenvalue weighted by atomic mass is 9.84. The van der Waals surface area contributed by atoms with E-state index in [9.17, 15) is 31.1 Å². The first-order valence-electron chi connectivity index (χ1n) is 6.90. The van der Waals surface area contributed by atoms with E-state index in [1.807, 2.05) is 0 Å². The third kappa shape index (κ3) is 3.63. The molecule has 1 unspecified atom stereocenters. The summed E-state index contributed by atoms with van der Waals surface area (Å²) in [6.45, 7) is 1.37. The summed E-state index contributed by atoms with van der Waals surface area (Å²) in [6.07, 6.45) is -13.1. The highest BCUT2D eigenvalue weighted by Crippen LogP contribution is 2.44. The van der Waals surface area contributed by atoms with E-state index in [1.54, 1.807) is 0 Å². The summed E-state index contributed by atoms with van der Waals surface area (Å²) in [5.74, 6) is -5.50. The first kappa shape index (κ1) is 18.1. The molecule has 1 saturated heterocycles. The van der Waals surface area contributed by atoms with Gasteiger partial charge in [-0.05, 0) is 19.8 Å². The van der Waals surface area contributed by atoms with E-state index in [0.717, 1.165) is 0 Å². The average Bonchev–Trinajstić information content (AvgIpc) is 2.44. The second kappa shape index (κ2) is 6.31. The Morgan fingerprint density at radius 3 is 2.43 bits per heavy atom. The van der Waals surface area contributed by atoms with Gasteiger partial charge in [-0.3, -0.25) is 4.79 Å². The van der Waals surface area contributed by atoms with E-state index in [0.29, 0.717) is 6.42 Å². The second-order valence-electron chi connectivity index (χ2n) is 5.11. The topological polar surface area (TPSA) is 44.8 Å². The summed E-state index contributed by atoms with van der Waals surface area (Å²) in [7, 11) is 0. The number of hydrogen-bond acceptors (Lipinski definition) is 4. The lowest BCUT2D eigenvalue weighted by Gasteiger charge is -2.42. The van der Waals surface area contributed by atoms with E-state index in [-0.39, 0.29) is 19.6 Å². The lowest BCUT2D eigenvalue weighted by Crippen LogP contribution is -2.50. The van der Waals surface area contributed by atoms with Crippen molar-refractivity contribution in [2.75, 3.05) is 13.2 Å². The summed E-state index contributed by atoms with van der Waals surface area (Å²) >= 11 is 0. The lowest BCUT2D eigenvalue weighted by molar-refractivity contribution is -0.245. The van der Waals surface area contributed by atoms with E-state index in [1.165, 1.54) is 6.92 Å². The Hall–Kier alpha value is -1.29. The predicted octanol–water partition coefficient (Wildman–Crippen LogP) is 3.12. The van der Waals surface area contributed by atoms with Gasteiger partial charge in [0.1, 0.15) is 0 Å². The third-order valence-corrected chi connectivity index (χ3v) is 3.57. The zero-order valence-corrected chi connectivity index (χ0v) is 12.0. The molecule has 132 valence electrons. The molecule has 0 aliphatic carbocycles. The zero-order valence-electron chi connectivity index (χ0n) is 12.0. The third-order valence-electron chi connectivity index (χ3n) is 3.57. The maximum atomic E-state index is 13.1. The fourth-order valence-corrected chi connectivity index (χ4v) is 2.71. The van der Waals surface area contributed by atoms with Crippen molar-refractivity contribution in [3.8, 4) is 0 Å². The zero-order chi connectivity index (χ0) is 17.4. The Balaban J connectivity index is 2.56. The molecule has 2 aliphatic heterocycles. The van der Waals surface area contributed by atoms with Gasteiger partial charge in [0.25, 0.3) is 5.78 Å². The minimum atomic E-state index is -5.47. The molecule has 0 amide bonds. The number of alkyl halides is 6. The van der Waals surface area contributed by atoms with E-state index in [2.05, 4.69) is 4.74 Å². The van der Waals surface area contributed by atoms with Crippen LogP contribution in [0, 0.1) is 5.92 Å². The number of hydrogen-bond donors (Lipinski definition) is 0. The van der Waals surface area contributed by atoms with Crippen LogP contribution in [0.25, 0.3) is 0 Å². The maximum Gasteiger partial charge on any atom is 0.454 e. The average molecular weight is 348 g/mol. The van der Waals surface area contributed by atoms with Crippen LogP contribution in [-0.2, 0) is 19.0 Å². The molecule has 0 saturated carbocycles. The molecule has 4 nitrogen and oxygen atoms in total. The minimum Gasteiger partial charge on any atom is -0.459 e. The summed E-state index contributed by atoms with van der Waals surface area (Å²) in [6, 6.07) is 0. The molecule has 2 rings (SSSR count). The fraction of sp³-hybridized carbons (Fsp3) is 0.769. The van der Waals surface area contributed by atoms with Crippen LogP contribution in [0.1, 0.15) is 19.8 Å². The second-order valence-corrected chi connectivity index (χ2v) is 5.11. The van der Waals surface area contributed by atoms with E-state index in [4.69, 9.17) is 9.47 Å². The quantitative estimate of drug-likeness (QED) is 0.735. The summed E-state index contributed by atoms with van der Waals surface area (Å²) < 4.78 is 92.2. The van der Waals surface area contributed by atoms with Crippen LogP contribution < -0.4 is 0 Å². The molecule has 0 aromatic carbocycles. The highest BCUT2D eigenvalue weighted by Gasteiger charge is 2.56. The summed E-state index contributed by atoms with van der Waals surface area (Å²) in [5.41, 5.74) is -1.53. The van der Waals surface area contributed by atoms with Crippen LogP contribution in [0.15, 0.2) is 11.3 Å². The van der Waals surface area contributed by atoms with Crippen molar-refractivity contribution >= 4 is 5.78 Å². The van der Waals surface area contributed by atoms with Gasteiger partial charge < -0.3 is 14.2 Å². The molecule has 2 aliphatic rings. The number of ether oxygens (including phenoxy) is 3. The molecular formula is C13H14F6O4. The van der Waals surface area contributed by atoms with Gasteiger partial charge in [0.15, 0.2) is 0 Å². The number of carbonyl (C=O) groups is 1. The Morgan fingerprint density at radius 2 is 1.91 bits per heavy atom. The predicted molar refractivity (Wildman–Crippen MR) is 63.1 cm³/mol. The highest BCUT2D eigenvalue weighted by molar-refractivity contribution is 6.01. The Labute approximate surface area is 127 Å². The Kier molecular flexibility index (Phi) is 4.95. The monoisotopic (exact) mass is 348 g/mol. The number of ketones is 1. The number of halogens is 6. The van der Waals surface area contributed by atoms with Crippen LogP contribution >= 0.6 is 0 Å². The van der Waals surface area contributed by atoms with Gasteiger partial charge in [0, 0.05) is 6.61 Å². The first-order valence-corrected chi connectivity index (χ1v) is 6.90. The normalized spacial score (nSPS) is 29.1. The van der Waals surface area contributed by atoms with Crippen molar-refractivity contribution in [1.29, 1.82) is 0 Å². The number of rotatable bonds is 3. The molecule has 1 fully saturated rings. The molecule has 0 aromatic heterocycles. The molecular weight excluding hydrogens is 334 g/mol. The highest BCUT2D eigenvalue weighted by atomic mass is 19.4. The van der Waals surface area contributed by atoms with Crippen LogP contribution in [0.5, 0.6) is 0 Å². The summed E-state index contributed by atoms with van der Waals surface area (Å²) in [4.78, 5) is 11.6. The van der Waals surface area contributed by atoms with Crippen molar-refractivity contribution in [2.45, 2.75) is 44.5 Å². The van der Waals surface area contributed by atoms with Crippen LogP contribution in [0.3, 0.4) is 0 Å². The Bertz CT molecular complexity index is 496. The summed E-state index contributed by atoms with van der Waals surface area (Å²) in [5, 5.41) is 0. The van der Waals surface area contributed by atoms with Crippen molar-refractivity contribution in [1.82, 2.24) is 0 Å². The standard InChI is InChI=1S/C13H14F6O4/c1-2-21-8-6-4-3-5-22-11(6)23-10(13(17,18)19)7(8)9(20)12(14,15)16/h6,8,11H,2-5H2,1H3/t6?,8-,11+/m0/s1. The van der Waals surface area contributed by atoms with Gasteiger partial charge in [0.2, 0.25) is 12.0 Å². The van der Waals surface area contributed by atoms with Crippen molar-refractivity contribution in [3.05, 3.63) is 11.3 Å². The Morgan fingerprint density at radius 1 is 1.26 bits per heavy atom. The first-order chi connectivity index (χ1) is 10.6. The van der Waals surface area contributed by atoms with Gasteiger partial charge in [-0.2, -0.15) is 26.3 Å². The number of carbonyl (C=O) groups excluding carboxylic acids is 1. The molecule has 0 spiro atoms. The number of fused-ring (bicyclic) bond motifs is 1. The van der Waals surface area contributed by atoms with E-state index < -0.39 is 47.8 Å². The van der Waals surface area contributed by atoms with Gasteiger partial charge in [-0.25, -0.2) is 0 Å². The molecule has 0 N–H and O–H groups in total. The molecule has 0 radical (unpaired) electrons. The number of allylic oxidation sites excluding steroid dienone is 1. The van der Waals surface area contributed by atoms with E-state index >= 15 is 0 Å². The molecule has 0 bridgehead atoms. The minimum absolute atomic E-state index is 0.119. The van der Waals surface area contributed by atoms with Gasteiger partial charge in [-0.15, -0.1) is 0 Å². The van der Waals surface area contributed by atoms with Crippen LogP contribution in [-0.4, -0.2) is 43.7 Å². The molecule has 0 aromatic rings. The molecule has 3 atom stereocenters. The van der Waals surface area contributed by atoms with Gasteiger partial charge in [-0.1, -0.05) is 0 Å². The number of Topliss-reactive ketones (excluding diaryl/α,β-unsaturated/α-hetero) is 1. The van der Waals surface area contributed by atoms with Gasteiger partial charge in [0.05, 0.1) is 24.2 Å². The smallest absolute Gasteiger partial charge is 0.454 e.